The maximum Gasteiger partial charge on any atom is 0.306 e. The van der Waals surface area contributed by atoms with Crippen LogP contribution in [-0.2, 0) is 28.6 Å². The van der Waals surface area contributed by atoms with E-state index < -0.39 is 6.10 Å². The van der Waals surface area contributed by atoms with E-state index in [4.69, 9.17) is 14.2 Å². The quantitative estimate of drug-likeness (QED) is 0.0261. The summed E-state index contributed by atoms with van der Waals surface area (Å²) in [5.41, 5.74) is 0. The molecule has 0 rings (SSSR count). The summed E-state index contributed by atoms with van der Waals surface area (Å²) >= 11 is 0. The van der Waals surface area contributed by atoms with Crippen LogP contribution in [0.5, 0.6) is 0 Å². The molecule has 0 aliphatic heterocycles. The number of carbonyl (C=O) groups excluding carboxylic acids is 3. The monoisotopic (exact) mass is 1130 g/mol. The zero-order valence-electron chi connectivity index (χ0n) is 52.7. The fraction of sp³-hybridized carbons (Fsp3) is 0.592. The molecule has 0 saturated carbocycles. The molecule has 82 heavy (non-hydrogen) atoms. The van der Waals surface area contributed by atoms with Crippen LogP contribution >= 0.6 is 0 Å². The standard InChI is InChI=1S/C76H120O6/c1-4-7-10-13-16-19-22-25-28-31-33-34-35-36-37-38-39-40-41-42-43-46-48-51-54-57-60-63-66-69-75(78)81-72-73(71-80-74(77)68-65-62-59-56-53-50-47-44-30-27-24-21-18-15-12-9-6-3)82-76(79)70-67-64-61-58-55-52-49-45-32-29-26-23-20-17-14-11-8-5-2/h7,9-10,12,16,18-21,23,25,27-30,32-34,36-37,39-40,42-43,47-48,50-51,73H,4-6,8,11,13-15,17,22,24,26,31,35,38,41,44-46,49,52-72H2,1-3H3/b10-7-,12-9-,19-16-,21-18-,23-20-,28-25-,30-27-,32-29-,34-33-,37-36-,40-39-,43-42-,50-47-,51-48-. The number of hydrogen-bond acceptors (Lipinski definition) is 6. The molecule has 1 unspecified atom stereocenters. The molecule has 0 N–H and O–H groups in total. The van der Waals surface area contributed by atoms with Crippen LogP contribution in [0.2, 0.25) is 0 Å². The highest BCUT2D eigenvalue weighted by atomic mass is 16.6. The molecular formula is C76H120O6. The van der Waals surface area contributed by atoms with E-state index in [9.17, 15) is 14.4 Å². The van der Waals surface area contributed by atoms with Crippen molar-refractivity contribution >= 4 is 17.9 Å². The van der Waals surface area contributed by atoms with Crippen molar-refractivity contribution in [3.8, 4) is 0 Å². The molecule has 6 heteroatoms. The Morgan fingerprint density at radius 1 is 0.256 bits per heavy atom. The van der Waals surface area contributed by atoms with E-state index in [0.717, 1.165) is 173 Å². The molecule has 0 aromatic carbocycles. The first-order valence-electron chi connectivity index (χ1n) is 33.1. The largest absolute Gasteiger partial charge is 0.462 e. The van der Waals surface area contributed by atoms with E-state index in [0.29, 0.717) is 19.3 Å². The molecule has 0 aromatic heterocycles. The van der Waals surface area contributed by atoms with Crippen molar-refractivity contribution in [3.63, 3.8) is 0 Å². The molecule has 0 amide bonds. The van der Waals surface area contributed by atoms with Crippen molar-refractivity contribution < 1.29 is 28.6 Å². The zero-order valence-corrected chi connectivity index (χ0v) is 52.7. The van der Waals surface area contributed by atoms with Crippen molar-refractivity contribution in [1.82, 2.24) is 0 Å². The summed E-state index contributed by atoms with van der Waals surface area (Å²) in [7, 11) is 0. The van der Waals surface area contributed by atoms with E-state index >= 15 is 0 Å². The predicted octanol–water partition coefficient (Wildman–Crippen LogP) is 23.0. The second-order valence-electron chi connectivity index (χ2n) is 21.3. The van der Waals surface area contributed by atoms with Gasteiger partial charge in [0.2, 0.25) is 0 Å². The van der Waals surface area contributed by atoms with E-state index in [-0.39, 0.29) is 31.1 Å². The number of ether oxygens (including phenoxy) is 3. The van der Waals surface area contributed by atoms with Gasteiger partial charge in [0.15, 0.2) is 6.10 Å². The first kappa shape index (κ1) is 76.8. The molecule has 0 heterocycles. The lowest BCUT2D eigenvalue weighted by atomic mass is 10.1. The topological polar surface area (TPSA) is 78.9 Å². The van der Waals surface area contributed by atoms with Gasteiger partial charge in [-0.2, -0.15) is 0 Å². The van der Waals surface area contributed by atoms with Gasteiger partial charge in [0.25, 0.3) is 0 Å². The number of carbonyl (C=O) groups is 3. The maximum atomic E-state index is 12.9. The van der Waals surface area contributed by atoms with Gasteiger partial charge in [0.1, 0.15) is 13.2 Å². The summed E-state index contributed by atoms with van der Waals surface area (Å²) in [6, 6.07) is 0. The molecule has 0 aromatic rings. The van der Waals surface area contributed by atoms with E-state index in [1.54, 1.807) is 0 Å². The van der Waals surface area contributed by atoms with Crippen LogP contribution in [0.4, 0.5) is 0 Å². The lowest BCUT2D eigenvalue weighted by molar-refractivity contribution is -0.167. The molecule has 0 fully saturated rings. The summed E-state index contributed by atoms with van der Waals surface area (Å²) in [5, 5.41) is 0. The van der Waals surface area contributed by atoms with Crippen molar-refractivity contribution in [3.05, 3.63) is 170 Å². The van der Waals surface area contributed by atoms with Crippen LogP contribution < -0.4 is 0 Å². The fourth-order valence-corrected chi connectivity index (χ4v) is 8.54. The SMILES string of the molecule is CC/C=C\C/C=C\C/C=C\C/C=C\C/C=C\C/C=C\C/C=C\C/C=C\CCCCCCC(=O)OCC(COC(=O)CCCCCC/C=C\C/C=C\C/C=C\C/C=C\CC)OC(=O)CCCCCCCCC/C=C\C/C=C\CCCCCC. The van der Waals surface area contributed by atoms with Crippen LogP contribution in [0.1, 0.15) is 271 Å². The first-order chi connectivity index (χ1) is 40.5. The Morgan fingerprint density at radius 2 is 0.476 bits per heavy atom. The highest BCUT2D eigenvalue weighted by molar-refractivity contribution is 5.71. The lowest BCUT2D eigenvalue weighted by Crippen LogP contribution is -2.30. The van der Waals surface area contributed by atoms with Crippen molar-refractivity contribution in [2.75, 3.05) is 13.2 Å². The van der Waals surface area contributed by atoms with Crippen molar-refractivity contribution in [2.24, 2.45) is 0 Å². The average molecular weight is 1130 g/mol. The number of unbranched alkanes of at least 4 members (excludes halogenated alkanes) is 19. The molecular weight excluding hydrogens is 1010 g/mol. The van der Waals surface area contributed by atoms with Crippen LogP contribution in [0, 0.1) is 0 Å². The van der Waals surface area contributed by atoms with Crippen molar-refractivity contribution in [2.45, 2.75) is 277 Å². The zero-order chi connectivity index (χ0) is 59.2. The Bertz CT molecular complexity index is 1870. The second kappa shape index (κ2) is 68.3. The van der Waals surface area contributed by atoms with Crippen LogP contribution in [0.15, 0.2) is 170 Å². The van der Waals surface area contributed by atoms with Gasteiger partial charge in [-0.25, -0.2) is 0 Å². The van der Waals surface area contributed by atoms with Gasteiger partial charge in [-0.3, -0.25) is 14.4 Å². The molecule has 0 radical (unpaired) electrons. The summed E-state index contributed by atoms with van der Waals surface area (Å²) in [5.74, 6) is -0.967. The number of hydrogen-bond donors (Lipinski definition) is 0. The Balaban J connectivity index is 4.48. The molecule has 460 valence electrons. The molecule has 0 aliphatic carbocycles. The van der Waals surface area contributed by atoms with Crippen molar-refractivity contribution in [1.29, 1.82) is 0 Å². The van der Waals surface area contributed by atoms with Gasteiger partial charge in [-0.15, -0.1) is 0 Å². The van der Waals surface area contributed by atoms with Gasteiger partial charge in [-0.1, -0.05) is 268 Å². The van der Waals surface area contributed by atoms with E-state index in [1.807, 2.05) is 0 Å². The third-order valence-electron chi connectivity index (χ3n) is 13.4. The summed E-state index contributed by atoms with van der Waals surface area (Å²) in [6.45, 7) is 6.35. The summed E-state index contributed by atoms with van der Waals surface area (Å²) < 4.78 is 16.9. The van der Waals surface area contributed by atoms with E-state index in [1.165, 1.54) is 57.8 Å². The molecule has 0 bridgehead atoms. The normalized spacial score (nSPS) is 13.3. The molecule has 0 aliphatic rings. The number of allylic oxidation sites excluding steroid dienone is 28. The molecule has 0 saturated heterocycles. The second-order valence-corrected chi connectivity index (χ2v) is 21.3. The summed E-state index contributed by atoms with van der Waals surface area (Å²) in [4.78, 5) is 38.4. The summed E-state index contributed by atoms with van der Waals surface area (Å²) in [6.07, 6.45) is 101. The van der Waals surface area contributed by atoms with Crippen LogP contribution in [-0.4, -0.2) is 37.2 Å². The average Bonchev–Trinajstić information content (AvgIpc) is 3.47. The minimum Gasteiger partial charge on any atom is -0.462 e. The Hall–Kier alpha value is -5.23. The van der Waals surface area contributed by atoms with Crippen LogP contribution in [0.3, 0.4) is 0 Å². The Labute approximate surface area is 504 Å². The highest BCUT2D eigenvalue weighted by Gasteiger charge is 2.19. The lowest BCUT2D eigenvalue weighted by Gasteiger charge is -2.18. The van der Waals surface area contributed by atoms with Crippen LogP contribution in [0.25, 0.3) is 0 Å². The smallest absolute Gasteiger partial charge is 0.306 e. The molecule has 1 atom stereocenters. The minimum absolute atomic E-state index is 0.110. The molecule has 6 nitrogen and oxygen atoms in total. The van der Waals surface area contributed by atoms with Gasteiger partial charge >= 0.3 is 17.9 Å². The Kier molecular flexibility index (Phi) is 63.9. The third kappa shape index (κ3) is 65.6. The fourth-order valence-electron chi connectivity index (χ4n) is 8.54. The third-order valence-corrected chi connectivity index (χ3v) is 13.4. The van der Waals surface area contributed by atoms with Gasteiger partial charge in [0.05, 0.1) is 0 Å². The molecule has 0 spiro atoms. The maximum absolute atomic E-state index is 12.9. The predicted molar refractivity (Wildman–Crippen MR) is 357 cm³/mol. The minimum atomic E-state index is -0.814. The number of esters is 3. The Morgan fingerprint density at radius 3 is 0.744 bits per heavy atom. The first-order valence-corrected chi connectivity index (χ1v) is 33.1. The van der Waals surface area contributed by atoms with E-state index in [2.05, 4.69) is 191 Å². The van der Waals surface area contributed by atoms with Gasteiger partial charge < -0.3 is 14.2 Å². The van der Waals surface area contributed by atoms with Gasteiger partial charge in [0, 0.05) is 19.3 Å². The highest BCUT2D eigenvalue weighted by Crippen LogP contribution is 2.14. The number of rotatable bonds is 58. The van der Waals surface area contributed by atoms with Gasteiger partial charge in [-0.05, 0) is 154 Å².